The van der Waals surface area contributed by atoms with Gasteiger partial charge in [0.1, 0.15) is 0 Å². The first-order chi connectivity index (χ1) is 8.97. The van der Waals surface area contributed by atoms with E-state index in [2.05, 4.69) is 50.0 Å². The Bertz CT molecular complexity index is 386. The molecular weight excluding hydrogens is 256 g/mol. The first-order valence-electron chi connectivity index (χ1n) is 7.13. The van der Waals surface area contributed by atoms with Crippen LogP contribution >= 0.6 is 11.6 Å². The summed E-state index contributed by atoms with van der Waals surface area (Å²) in [6, 6.07) is 8.49. The molecule has 0 aromatic heterocycles. The second-order valence-corrected chi connectivity index (χ2v) is 5.87. The number of nitrogens with zero attached hydrogens (tertiary/aromatic N) is 1. The second-order valence-electron chi connectivity index (χ2n) is 5.46. The van der Waals surface area contributed by atoms with Gasteiger partial charge in [0.05, 0.1) is 0 Å². The molecular formula is C16H27ClN2. The highest BCUT2D eigenvalue weighted by Crippen LogP contribution is 2.24. The zero-order chi connectivity index (χ0) is 14.5. The van der Waals surface area contributed by atoms with Crippen molar-refractivity contribution >= 4 is 11.6 Å². The second kappa shape index (κ2) is 7.28. The molecule has 0 spiro atoms. The Kier molecular flexibility index (Phi) is 6.31. The van der Waals surface area contributed by atoms with Gasteiger partial charge in [-0.05, 0) is 52.0 Å². The van der Waals surface area contributed by atoms with E-state index in [-0.39, 0.29) is 5.54 Å². The number of nitrogens with one attached hydrogen (secondary N) is 1. The summed E-state index contributed by atoms with van der Waals surface area (Å²) in [5.74, 6) is 0. The fourth-order valence-electron chi connectivity index (χ4n) is 2.85. The van der Waals surface area contributed by atoms with E-state index in [1.54, 1.807) is 0 Å². The molecule has 3 heteroatoms. The largest absolute Gasteiger partial charge is 0.315 e. The molecule has 0 heterocycles. The molecule has 1 rings (SSSR count). The molecule has 0 saturated heterocycles. The summed E-state index contributed by atoms with van der Waals surface area (Å²) in [5, 5.41) is 4.33. The average Bonchev–Trinajstić information content (AvgIpc) is 2.38. The molecule has 0 radical (unpaired) electrons. The smallest absolute Gasteiger partial charge is 0.0438 e. The van der Waals surface area contributed by atoms with E-state index in [0.29, 0.717) is 6.04 Å². The molecule has 0 bridgehead atoms. The van der Waals surface area contributed by atoms with Crippen molar-refractivity contribution in [1.29, 1.82) is 0 Å². The minimum absolute atomic E-state index is 0.0947. The molecule has 1 aromatic carbocycles. The van der Waals surface area contributed by atoms with Crippen LogP contribution in [-0.4, -0.2) is 36.6 Å². The predicted octanol–water partition coefficient (Wildman–Crippen LogP) is 3.59. The molecule has 0 aliphatic carbocycles. The minimum Gasteiger partial charge on any atom is -0.315 e. The molecule has 0 aliphatic rings. The third kappa shape index (κ3) is 3.95. The van der Waals surface area contributed by atoms with Gasteiger partial charge in [0.25, 0.3) is 0 Å². The normalized spacial score (nSPS) is 13.8. The van der Waals surface area contributed by atoms with Crippen molar-refractivity contribution in [3.05, 3.63) is 34.9 Å². The summed E-state index contributed by atoms with van der Waals surface area (Å²) in [6.07, 6.45) is 0.944. The predicted molar refractivity (Wildman–Crippen MR) is 85.0 cm³/mol. The van der Waals surface area contributed by atoms with Crippen LogP contribution in [0.15, 0.2) is 24.3 Å². The van der Waals surface area contributed by atoms with Gasteiger partial charge in [-0.2, -0.15) is 0 Å². The van der Waals surface area contributed by atoms with Crippen molar-refractivity contribution in [2.45, 2.75) is 45.7 Å². The van der Waals surface area contributed by atoms with Crippen LogP contribution < -0.4 is 5.32 Å². The monoisotopic (exact) mass is 282 g/mol. The van der Waals surface area contributed by atoms with Gasteiger partial charge < -0.3 is 5.32 Å². The van der Waals surface area contributed by atoms with Crippen LogP contribution in [0.2, 0.25) is 5.02 Å². The highest BCUT2D eigenvalue weighted by atomic mass is 35.5. The molecule has 0 saturated carbocycles. The molecule has 0 fully saturated rings. The molecule has 2 nitrogen and oxygen atoms in total. The van der Waals surface area contributed by atoms with Crippen molar-refractivity contribution < 1.29 is 0 Å². The lowest BCUT2D eigenvalue weighted by Crippen LogP contribution is -2.57. The van der Waals surface area contributed by atoms with Crippen molar-refractivity contribution in [3.63, 3.8) is 0 Å². The lowest BCUT2D eigenvalue weighted by Gasteiger charge is -2.43. The lowest BCUT2D eigenvalue weighted by molar-refractivity contribution is 0.0944. The molecule has 0 aliphatic heterocycles. The topological polar surface area (TPSA) is 15.3 Å². The van der Waals surface area contributed by atoms with Gasteiger partial charge in [0.2, 0.25) is 0 Å². The third-order valence-corrected chi connectivity index (χ3v) is 4.53. The van der Waals surface area contributed by atoms with Gasteiger partial charge in [-0.25, -0.2) is 0 Å². The maximum Gasteiger partial charge on any atom is 0.0438 e. The number of likely N-dealkylation sites (N-methyl/N-ethyl adjacent to an activating group) is 2. The molecule has 1 aromatic rings. The number of hydrogen-bond acceptors (Lipinski definition) is 2. The highest BCUT2D eigenvalue weighted by Gasteiger charge is 2.33. The van der Waals surface area contributed by atoms with Crippen LogP contribution in [0.3, 0.4) is 0 Å². The Hall–Kier alpha value is -0.570. The SMILES string of the molecule is CCN(CC)C(C)(C)C(Cc1ccccc1Cl)NC. The van der Waals surface area contributed by atoms with Gasteiger partial charge >= 0.3 is 0 Å². The highest BCUT2D eigenvalue weighted by molar-refractivity contribution is 6.31. The van der Waals surface area contributed by atoms with Crippen molar-refractivity contribution in [3.8, 4) is 0 Å². The van der Waals surface area contributed by atoms with E-state index < -0.39 is 0 Å². The van der Waals surface area contributed by atoms with Crippen LogP contribution in [0.5, 0.6) is 0 Å². The fraction of sp³-hybridized carbons (Fsp3) is 0.625. The number of hydrogen-bond donors (Lipinski definition) is 1. The van der Waals surface area contributed by atoms with E-state index in [0.717, 1.165) is 24.5 Å². The minimum atomic E-state index is 0.0947. The zero-order valence-corrected chi connectivity index (χ0v) is 13.6. The third-order valence-electron chi connectivity index (χ3n) is 4.16. The summed E-state index contributed by atoms with van der Waals surface area (Å²) in [7, 11) is 2.03. The van der Waals surface area contributed by atoms with Gasteiger partial charge in [-0.1, -0.05) is 43.6 Å². The molecule has 1 unspecified atom stereocenters. The number of benzene rings is 1. The van der Waals surface area contributed by atoms with E-state index >= 15 is 0 Å². The maximum absolute atomic E-state index is 6.28. The van der Waals surface area contributed by atoms with Gasteiger partial charge in [-0.3, -0.25) is 4.90 Å². The Balaban J connectivity index is 2.92. The first kappa shape index (κ1) is 16.5. The Labute approximate surface area is 123 Å². The molecule has 0 amide bonds. The Morgan fingerprint density at radius 2 is 1.79 bits per heavy atom. The number of halogens is 1. The van der Waals surface area contributed by atoms with Crippen LogP contribution in [-0.2, 0) is 6.42 Å². The molecule has 1 N–H and O–H groups in total. The summed E-state index contributed by atoms with van der Waals surface area (Å²) >= 11 is 6.28. The lowest BCUT2D eigenvalue weighted by atomic mass is 9.87. The van der Waals surface area contributed by atoms with E-state index in [1.807, 2.05) is 19.2 Å². The summed E-state index contributed by atoms with van der Waals surface area (Å²) in [5.41, 5.74) is 1.31. The zero-order valence-electron chi connectivity index (χ0n) is 12.8. The molecule has 1 atom stereocenters. The van der Waals surface area contributed by atoms with Crippen molar-refractivity contribution in [1.82, 2.24) is 10.2 Å². The molecule has 108 valence electrons. The van der Waals surface area contributed by atoms with Crippen LogP contribution in [0.4, 0.5) is 0 Å². The average molecular weight is 283 g/mol. The van der Waals surface area contributed by atoms with Gasteiger partial charge in [0, 0.05) is 16.6 Å². The van der Waals surface area contributed by atoms with E-state index in [9.17, 15) is 0 Å². The Morgan fingerprint density at radius 3 is 2.26 bits per heavy atom. The van der Waals surface area contributed by atoms with Crippen LogP contribution in [0.25, 0.3) is 0 Å². The summed E-state index contributed by atoms with van der Waals surface area (Å²) < 4.78 is 0. The van der Waals surface area contributed by atoms with Crippen molar-refractivity contribution in [2.24, 2.45) is 0 Å². The van der Waals surface area contributed by atoms with Gasteiger partial charge in [0.15, 0.2) is 0 Å². The van der Waals surface area contributed by atoms with Crippen LogP contribution in [0.1, 0.15) is 33.3 Å². The fourth-order valence-corrected chi connectivity index (χ4v) is 3.06. The van der Waals surface area contributed by atoms with E-state index in [1.165, 1.54) is 5.56 Å². The van der Waals surface area contributed by atoms with Crippen molar-refractivity contribution in [2.75, 3.05) is 20.1 Å². The standard InChI is InChI=1S/C16H27ClN2/c1-6-19(7-2)16(3,4)15(18-5)12-13-10-8-9-11-14(13)17/h8-11,15,18H,6-7,12H2,1-5H3. The Morgan fingerprint density at radius 1 is 1.21 bits per heavy atom. The quantitative estimate of drug-likeness (QED) is 0.822. The molecule has 19 heavy (non-hydrogen) atoms. The first-order valence-corrected chi connectivity index (χ1v) is 7.50. The van der Waals surface area contributed by atoms with E-state index in [4.69, 9.17) is 11.6 Å². The van der Waals surface area contributed by atoms with Crippen LogP contribution in [0, 0.1) is 0 Å². The summed E-state index contributed by atoms with van der Waals surface area (Å²) in [4.78, 5) is 2.49. The van der Waals surface area contributed by atoms with Gasteiger partial charge in [-0.15, -0.1) is 0 Å². The number of rotatable bonds is 7. The maximum atomic E-state index is 6.28. The summed E-state index contributed by atoms with van der Waals surface area (Å²) in [6.45, 7) is 11.2.